The Balaban J connectivity index is 1.60. The van der Waals surface area contributed by atoms with Crippen LogP contribution in [0.5, 0.6) is 0 Å². The summed E-state index contributed by atoms with van der Waals surface area (Å²) < 4.78 is 2.10. The van der Waals surface area contributed by atoms with Crippen LogP contribution in [0.15, 0.2) is 12.4 Å². The molecule has 0 saturated heterocycles. The number of hydrogen-bond donors (Lipinski definition) is 1. The summed E-state index contributed by atoms with van der Waals surface area (Å²) in [5.41, 5.74) is 5.99. The Bertz CT molecular complexity index is 424. The molecule has 1 atom stereocenters. The number of rotatable bonds is 3. The van der Waals surface area contributed by atoms with Crippen LogP contribution in [0.25, 0.3) is 0 Å². The van der Waals surface area contributed by atoms with E-state index in [-0.39, 0.29) is 11.9 Å². The largest absolute Gasteiger partial charge is 0.333 e. The lowest BCUT2D eigenvalue weighted by molar-refractivity contribution is -0.133. The molecule has 5 heteroatoms. The van der Waals surface area contributed by atoms with Crippen molar-refractivity contribution in [3.05, 3.63) is 18.2 Å². The van der Waals surface area contributed by atoms with Gasteiger partial charge in [-0.25, -0.2) is 4.98 Å². The summed E-state index contributed by atoms with van der Waals surface area (Å²) in [4.78, 5) is 18.2. The zero-order chi connectivity index (χ0) is 11.8. The third-order valence-corrected chi connectivity index (χ3v) is 3.74. The lowest BCUT2D eigenvalue weighted by Crippen LogP contribution is -2.41. The summed E-state index contributed by atoms with van der Waals surface area (Å²) >= 11 is 0. The van der Waals surface area contributed by atoms with E-state index in [2.05, 4.69) is 9.55 Å². The zero-order valence-electron chi connectivity index (χ0n) is 9.88. The van der Waals surface area contributed by atoms with Crippen LogP contribution >= 0.6 is 0 Å². The summed E-state index contributed by atoms with van der Waals surface area (Å²) in [5.74, 6) is 1.74. The van der Waals surface area contributed by atoms with Crippen molar-refractivity contribution in [2.75, 3.05) is 6.54 Å². The molecular formula is C12H18N4O. The van der Waals surface area contributed by atoms with E-state index in [1.165, 1.54) is 12.8 Å². The van der Waals surface area contributed by atoms with Crippen molar-refractivity contribution in [2.24, 2.45) is 11.7 Å². The Labute approximate surface area is 101 Å². The summed E-state index contributed by atoms with van der Waals surface area (Å²) in [7, 11) is 0. The quantitative estimate of drug-likeness (QED) is 0.821. The molecule has 1 amide bonds. The molecule has 17 heavy (non-hydrogen) atoms. The average Bonchev–Trinajstić information content (AvgIpc) is 3.07. The molecule has 5 nitrogen and oxygen atoms in total. The van der Waals surface area contributed by atoms with Crippen molar-refractivity contribution < 1.29 is 4.79 Å². The fourth-order valence-corrected chi connectivity index (χ4v) is 2.41. The highest BCUT2D eigenvalue weighted by Gasteiger charge is 2.31. The number of amides is 1. The first-order chi connectivity index (χ1) is 8.24. The Hall–Kier alpha value is -1.36. The second-order valence-electron chi connectivity index (χ2n) is 5.06. The number of nitrogens with zero attached hydrogens (tertiary/aromatic N) is 3. The highest BCUT2D eigenvalue weighted by molar-refractivity contribution is 5.77. The standard InChI is InChI=1S/C12H18N4O/c13-10(9-1-2-9)7-12(17)16-6-5-15-4-3-14-11(15)8-16/h3-4,9-10H,1-2,5-8,13H2. The van der Waals surface area contributed by atoms with Crippen LogP contribution in [0, 0.1) is 5.92 Å². The van der Waals surface area contributed by atoms with Crippen LogP contribution in [0.2, 0.25) is 0 Å². The lowest BCUT2D eigenvalue weighted by Gasteiger charge is -2.28. The van der Waals surface area contributed by atoms with Gasteiger partial charge in [-0.1, -0.05) is 0 Å². The molecule has 1 fully saturated rings. The van der Waals surface area contributed by atoms with Crippen molar-refractivity contribution in [3.63, 3.8) is 0 Å². The first-order valence-corrected chi connectivity index (χ1v) is 6.27. The van der Waals surface area contributed by atoms with Crippen LogP contribution in [0.1, 0.15) is 25.1 Å². The van der Waals surface area contributed by atoms with Gasteiger partial charge in [0.05, 0.1) is 6.54 Å². The van der Waals surface area contributed by atoms with Gasteiger partial charge in [0.1, 0.15) is 5.82 Å². The van der Waals surface area contributed by atoms with E-state index in [9.17, 15) is 4.79 Å². The molecule has 1 aliphatic carbocycles. The highest BCUT2D eigenvalue weighted by Crippen LogP contribution is 2.33. The van der Waals surface area contributed by atoms with Crippen molar-refractivity contribution >= 4 is 5.91 Å². The maximum Gasteiger partial charge on any atom is 0.224 e. The van der Waals surface area contributed by atoms with Gasteiger partial charge in [-0.2, -0.15) is 0 Å². The third kappa shape index (κ3) is 2.20. The molecule has 0 radical (unpaired) electrons. The van der Waals surface area contributed by atoms with Gasteiger partial charge in [0.25, 0.3) is 0 Å². The number of carbonyl (C=O) groups is 1. The number of nitrogens with two attached hydrogens (primary N) is 1. The Morgan fingerprint density at radius 2 is 2.35 bits per heavy atom. The molecule has 0 spiro atoms. The molecule has 1 unspecified atom stereocenters. The van der Waals surface area contributed by atoms with Crippen LogP contribution in [-0.2, 0) is 17.9 Å². The van der Waals surface area contributed by atoms with Gasteiger partial charge in [-0.15, -0.1) is 0 Å². The Morgan fingerprint density at radius 3 is 3.12 bits per heavy atom. The molecule has 92 valence electrons. The second-order valence-corrected chi connectivity index (χ2v) is 5.06. The van der Waals surface area contributed by atoms with Crippen LogP contribution < -0.4 is 5.73 Å². The first kappa shape index (κ1) is 10.8. The van der Waals surface area contributed by atoms with Gasteiger partial charge >= 0.3 is 0 Å². The summed E-state index contributed by atoms with van der Waals surface area (Å²) in [6.07, 6.45) is 6.63. The van der Waals surface area contributed by atoms with Gasteiger partial charge in [0, 0.05) is 37.9 Å². The molecule has 2 aliphatic rings. The smallest absolute Gasteiger partial charge is 0.224 e. The monoisotopic (exact) mass is 234 g/mol. The zero-order valence-corrected chi connectivity index (χ0v) is 9.88. The normalized spacial score (nSPS) is 21.1. The van der Waals surface area contributed by atoms with Crippen molar-refractivity contribution in [1.29, 1.82) is 0 Å². The average molecular weight is 234 g/mol. The Kier molecular flexibility index (Phi) is 2.63. The minimum absolute atomic E-state index is 0.0594. The van der Waals surface area contributed by atoms with Crippen LogP contribution in [0.3, 0.4) is 0 Å². The second kappa shape index (κ2) is 4.14. The molecule has 2 N–H and O–H groups in total. The van der Waals surface area contributed by atoms with Gasteiger partial charge in [-0.05, 0) is 18.8 Å². The van der Waals surface area contributed by atoms with Crippen LogP contribution in [0.4, 0.5) is 0 Å². The Morgan fingerprint density at radius 1 is 1.53 bits per heavy atom. The number of aromatic nitrogens is 2. The summed E-state index contributed by atoms with van der Waals surface area (Å²) in [6.45, 7) is 2.25. The van der Waals surface area contributed by atoms with Gasteiger partial charge in [-0.3, -0.25) is 4.79 Å². The fourth-order valence-electron chi connectivity index (χ4n) is 2.41. The molecule has 0 bridgehead atoms. The molecule has 0 aromatic carbocycles. The van der Waals surface area contributed by atoms with Crippen molar-refractivity contribution in [2.45, 2.75) is 38.4 Å². The van der Waals surface area contributed by atoms with Gasteiger partial charge < -0.3 is 15.2 Å². The summed E-state index contributed by atoms with van der Waals surface area (Å²) in [6, 6.07) is 0.0594. The maximum absolute atomic E-state index is 12.1. The van der Waals surface area contributed by atoms with Gasteiger partial charge in [0.2, 0.25) is 5.91 Å². The van der Waals surface area contributed by atoms with E-state index in [1.807, 2.05) is 11.1 Å². The number of fused-ring (bicyclic) bond motifs is 1. The molecule has 2 heterocycles. The van der Waals surface area contributed by atoms with E-state index in [0.29, 0.717) is 18.9 Å². The predicted octanol–water partition coefficient (Wildman–Crippen LogP) is 0.353. The predicted molar refractivity (Wildman–Crippen MR) is 63.0 cm³/mol. The van der Waals surface area contributed by atoms with Crippen molar-refractivity contribution in [3.8, 4) is 0 Å². The van der Waals surface area contributed by atoms with E-state index in [4.69, 9.17) is 5.73 Å². The van der Waals surface area contributed by atoms with Crippen molar-refractivity contribution in [1.82, 2.24) is 14.5 Å². The number of imidazole rings is 1. The van der Waals surface area contributed by atoms with E-state index < -0.39 is 0 Å². The number of carbonyl (C=O) groups excluding carboxylic acids is 1. The SMILES string of the molecule is NC(CC(=O)N1CCn2ccnc2C1)C1CC1. The summed E-state index contributed by atoms with van der Waals surface area (Å²) in [5, 5.41) is 0. The topological polar surface area (TPSA) is 64.2 Å². The molecule has 3 rings (SSSR count). The van der Waals surface area contributed by atoms with Crippen LogP contribution in [-0.4, -0.2) is 32.9 Å². The highest BCUT2D eigenvalue weighted by atomic mass is 16.2. The third-order valence-electron chi connectivity index (χ3n) is 3.74. The van der Waals surface area contributed by atoms with E-state index in [1.54, 1.807) is 6.20 Å². The molecule has 1 aliphatic heterocycles. The van der Waals surface area contributed by atoms with Gasteiger partial charge in [0.15, 0.2) is 0 Å². The van der Waals surface area contributed by atoms with E-state index >= 15 is 0 Å². The molecular weight excluding hydrogens is 216 g/mol. The maximum atomic E-state index is 12.1. The number of hydrogen-bond acceptors (Lipinski definition) is 3. The first-order valence-electron chi connectivity index (χ1n) is 6.27. The lowest BCUT2D eigenvalue weighted by atomic mass is 10.1. The van der Waals surface area contributed by atoms with E-state index in [0.717, 1.165) is 18.9 Å². The minimum atomic E-state index is 0.0594. The fraction of sp³-hybridized carbons (Fsp3) is 0.667. The minimum Gasteiger partial charge on any atom is -0.333 e. The molecule has 1 aromatic heterocycles. The molecule has 1 saturated carbocycles. The molecule has 1 aromatic rings.